The smallest absolute Gasteiger partial charge is 0.0956 e. The van der Waals surface area contributed by atoms with Crippen molar-refractivity contribution >= 4 is 12.2 Å². The number of likely N-dealkylation sites (N-methyl/N-ethyl adjacent to an activating group) is 2. The highest BCUT2D eigenvalue weighted by atomic mass is 15.2. The van der Waals surface area contributed by atoms with Gasteiger partial charge in [-0.2, -0.15) is 0 Å². The van der Waals surface area contributed by atoms with Gasteiger partial charge < -0.3 is 9.80 Å². The number of aliphatic imine (C=N–C) groups is 2. The van der Waals surface area contributed by atoms with Gasteiger partial charge in [0.05, 0.1) is 25.3 Å². The van der Waals surface area contributed by atoms with Crippen LogP contribution in [0.1, 0.15) is 13.8 Å². The Morgan fingerprint density at radius 3 is 2.36 bits per heavy atom. The fraction of sp³-hybridized carbons (Fsp3) is 0.800. The molecule has 2 heterocycles. The van der Waals surface area contributed by atoms with Crippen LogP contribution in [0.5, 0.6) is 0 Å². The molecule has 0 fully saturated rings. The molecule has 0 spiro atoms. The Labute approximate surface area is 86.3 Å². The highest BCUT2D eigenvalue weighted by Gasteiger charge is 2.04. The maximum atomic E-state index is 4.16. The van der Waals surface area contributed by atoms with Crippen molar-refractivity contribution in [1.29, 1.82) is 0 Å². The van der Waals surface area contributed by atoms with Gasteiger partial charge in [-0.3, -0.25) is 9.98 Å². The van der Waals surface area contributed by atoms with Crippen molar-refractivity contribution in [2.75, 3.05) is 39.8 Å². The number of hydrogen-bond donors (Lipinski definition) is 0. The van der Waals surface area contributed by atoms with Gasteiger partial charge in [0.25, 0.3) is 0 Å². The SMILES string of the molecule is CC1=NCCN1C.CCN1C=NCC1. The molecule has 2 rings (SSSR count). The molecule has 0 aromatic heterocycles. The molecule has 0 N–H and O–H groups in total. The molecule has 80 valence electrons. The molecule has 2 aliphatic heterocycles. The van der Waals surface area contributed by atoms with Crippen molar-refractivity contribution in [3.63, 3.8) is 0 Å². The van der Waals surface area contributed by atoms with Gasteiger partial charge >= 0.3 is 0 Å². The fourth-order valence-corrected chi connectivity index (χ4v) is 1.30. The summed E-state index contributed by atoms with van der Waals surface area (Å²) in [4.78, 5) is 12.5. The van der Waals surface area contributed by atoms with Crippen LogP contribution in [0.4, 0.5) is 0 Å². The lowest BCUT2D eigenvalue weighted by Gasteiger charge is -2.07. The minimum Gasteiger partial charge on any atom is -0.362 e. The molecule has 4 heteroatoms. The molecular formula is C10H20N4. The second-order valence-electron chi connectivity index (χ2n) is 3.50. The molecule has 0 aromatic rings. The zero-order valence-corrected chi connectivity index (χ0v) is 9.40. The van der Waals surface area contributed by atoms with Gasteiger partial charge in [0, 0.05) is 26.7 Å². The van der Waals surface area contributed by atoms with Crippen LogP contribution >= 0.6 is 0 Å². The van der Waals surface area contributed by atoms with Crippen LogP contribution in [-0.2, 0) is 0 Å². The van der Waals surface area contributed by atoms with Crippen LogP contribution in [0.15, 0.2) is 9.98 Å². The summed E-state index contributed by atoms with van der Waals surface area (Å²) >= 11 is 0. The van der Waals surface area contributed by atoms with Crippen LogP contribution in [0, 0.1) is 0 Å². The van der Waals surface area contributed by atoms with Crippen molar-refractivity contribution < 1.29 is 0 Å². The van der Waals surface area contributed by atoms with Crippen LogP contribution in [0.3, 0.4) is 0 Å². The lowest BCUT2D eigenvalue weighted by Crippen LogP contribution is -2.19. The van der Waals surface area contributed by atoms with Gasteiger partial charge in [-0.1, -0.05) is 0 Å². The largest absolute Gasteiger partial charge is 0.362 e. The molecule has 0 atom stereocenters. The Bertz CT molecular complexity index is 222. The summed E-state index contributed by atoms with van der Waals surface area (Å²) in [7, 11) is 2.06. The highest BCUT2D eigenvalue weighted by Crippen LogP contribution is 1.94. The third-order valence-corrected chi connectivity index (χ3v) is 2.50. The first kappa shape index (κ1) is 11.0. The third kappa shape index (κ3) is 3.36. The summed E-state index contributed by atoms with van der Waals surface area (Å²) in [6, 6.07) is 0. The second-order valence-corrected chi connectivity index (χ2v) is 3.50. The Balaban J connectivity index is 0.000000140. The average Bonchev–Trinajstić information content (AvgIpc) is 2.80. The first-order valence-corrected chi connectivity index (χ1v) is 5.20. The van der Waals surface area contributed by atoms with E-state index in [-0.39, 0.29) is 0 Å². The molecule has 0 aromatic carbocycles. The monoisotopic (exact) mass is 196 g/mol. The number of nitrogens with zero attached hydrogens (tertiary/aromatic N) is 4. The van der Waals surface area contributed by atoms with Crippen LogP contribution in [0.25, 0.3) is 0 Å². The highest BCUT2D eigenvalue weighted by molar-refractivity contribution is 5.80. The van der Waals surface area contributed by atoms with Gasteiger partial charge in [-0.25, -0.2) is 0 Å². The molecule has 0 radical (unpaired) electrons. The van der Waals surface area contributed by atoms with E-state index in [0.29, 0.717) is 0 Å². The standard InChI is InChI=1S/2C5H10N2/c1-5-6-3-4-7(5)2;1-2-7-4-3-6-5-7/h3-4H2,1-2H3;5H,2-4H2,1H3. The summed E-state index contributed by atoms with van der Waals surface area (Å²) in [6.45, 7) is 9.48. The maximum absolute atomic E-state index is 4.16. The first-order chi connectivity index (χ1) is 6.74. The summed E-state index contributed by atoms with van der Waals surface area (Å²) < 4.78 is 0. The minimum atomic E-state index is 0.988. The minimum absolute atomic E-state index is 0.988. The fourth-order valence-electron chi connectivity index (χ4n) is 1.30. The van der Waals surface area contributed by atoms with E-state index < -0.39 is 0 Å². The van der Waals surface area contributed by atoms with E-state index in [9.17, 15) is 0 Å². The lowest BCUT2D eigenvalue weighted by atomic mass is 10.6. The summed E-state index contributed by atoms with van der Waals surface area (Å²) in [6.07, 6.45) is 1.92. The quantitative estimate of drug-likeness (QED) is 0.618. The third-order valence-electron chi connectivity index (χ3n) is 2.50. The Hall–Kier alpha value is -1.06. The summed E-state index contributed by atoms with van der Waals surface area (Å²) in [5, 5.41) is 0. The number of hydrogen-bond acceptors (Lipinski definition) is 4. The van der Waals surface area contributed by atoms with E-state index >= 15 is 0 Å². The van der Waals surface area contributed by atoms with E-state index in [1.165, 1.54) is 5.84 Å². The Morgan fingerprint density at radius 1 is 1.36 bits per heavy atom. The second kappa shape index (κ2) is 5.62. The number of amidine groups is 1. The van der Waals surface area contributed by atoms with Crippen molar-refractivity contribution in [3.8, 4) is 0 Å². The van der Waals surface area contributed by atoms with Gasteiger partial charge in [-0.15, -0.1) is 0 Å². The van der Waals surface area contributed by atoms with Crippen LogP contribution < -0.4 is 0 Å². The lowest BCUT2D eigenvalue weighted by molar-refractivity contribution is 0.494. The van der Waals surface area contributed by atoms with E-state index in [4.69, 9.17) is 0 Å². The van der Waals surface area contributed by atoms with Crippen molar-refractivity contribution in [2.24, 2.45) is 9.98 Å². The molecule has 4 nitrogen and oxygen atoms in total. The predicted octanol–water partition coefficient (Wildman–Crippen LogP) is 0.700. The van der Waals surface area contributed by atoms with Gasteiger partial charge in [0.15, 0.2) is 0 Å². The van der Waals surface area contributed by atoms with Crippen LogP contribution in [-0.4, -0.2) is 61.7 Å². The molecule has 0 bridgehead atoms. The van der Waals surface area contributed by atoms with E-state index in [0.717, 1.165) is 32.7 Å². The van der Waals surface area contributed by atoms with E-state index in [1.807, 2.05) is 13.3 Å². The zero-order chi connectivity index (χ0) is 10.4. The maximum Gasteiger partial charge on any atom is 0.0956 e. The van der Waals surface area contributed by atoms with Crippen molar-refractivity contribution in [1.82, 2.24) is 9.80 Å². The molecule has 0 aliphatic carbocycles. The molecule has 0 amide bonds. The molecule has 2 aliphatic rings. The molecule has 0 unspecified atom stereocenters. The molecule has 0 saturated heterocycles. The van der Waals surface area contributed by atoms with E-state index in [1.54, 1.807) is 0 Å². The van der Waals surface area contributed by atoms with Gasteiger partial charge in [-0.05, 0) is 13.8 Å². The summed E-state index contributed by atoms with van der Waals surface area (Å²) in [5.41, 5.74) is 0. The topological polar surface area (TPSA) is 31.2 Å². The molecule has 0 saturated carbocycles. The van der Waals surface area contributed by atoms with Crippen LogP contribution in [0.2, 0.25) is 0 Å². The number of rotatable bonds is 1. The molecular weight excluding hydrogens is 176 g/mol. The van der Waals surface area contributed by atoms with Crippen molar-refractivity contribution in [2.45, 2.75) is 13.8 Å². The Kier molecular flexibility index (Phi) is 4.43. The summed E-state index contributed by atoms with van der Waals surface area (Å²) in [5.74, 6) is 1.17. The van der Waals surface area contributed by atoms with Gasteiger partial charge in [0.1, 0.15) is 0 Å². The predicted molar refractivity (Wildman–Crippen MR) is 61.2 cm³/mol. The molecule has 14 heavy (non-hydrogen) atoms. The zero-order valence-electron chi connectivity index (χ0n) is 9.40. The average molecular weight is 196 g/mol. The van der Waals surface area contributed by atoms with Crippen molar-refractivity contribution in [3.05, 3.63) is 0 Å². The van der Waals surface area contributed by atoms with Gasteiger partial charge in [0.2, 0.25) is 0 Å². The Morgan fingerprint density at radius 2 is 2.14 bits per heavy atom. The van der Waals surface area contributed by atoms with E-state index in [2.05, 4.69) is 33.8 Å². The first-order valence-electron chi connectivity index (χ1n) is 5.20. The normalized spacial score (nSPS) is 19.5.